The lowest BCUT2D eigenvalue weighted by Gasteiger charge is -2.12. The Kier molecular flexibility index (Phi) is 7.84. The fraction of sp³-hybridized carbons (Fsp3) is 0.240. The smallest absolute Gasteiger partial charge is 0.335 e. The molecule has 3 aromatic rings. The van der Waals surface area contributed by atoms with Crippen LogP contribution in [0.25, 0.3) is 0 Å². The second kappa shape index (κ2) is 10.8. The maximum atomic E-state index is 12.3. The average molecular weight is 438 g/mol. The van der Waals surface area contributed by atoms with Crippen LogP contribution in [0.3, 0.4) is 0 Å². The van der Waals surface area contributed by atoms with Gasteiger partial charge in [-0.3, -0.25) is 0 Å². The summed E-state index contributed by atoms with van der Waals surface area (Å²) in [6.07, 6.45) is 3.01. The molecule has 3 aromatic carbocycles. The number of hydrogen-bond acceptors (Lipinski definition) is 4. The lowest BCUT2D eigenvalue weighted by atomic mass is 10.0. The molecule has 31 heavy (non-hydrogen) atoms. The van der Waals surface area contributed by atoms with Crippen LogP contribution in [0.5, 0.6) is 0 Å². The highest BCUT2D eigenvalue weighted by molar-refractivity contribution is 7.91. The van der Waals surface area contributed by atoms with Gasteiger partial charge in [0.2, 0.25) is 0 Å². The Hall–Kier alpha value is -3.12. The Labute approximate surface area is 183 Å². The van der Waals surface area contributed by atoms with Crippen LogP contribution in [-0.4, -0.2) is 31.8 Å². The first-order chi connectivity index (χ1) is 15.0. The monoisotopic (exact) mass is 437 g/mol. The van der Waals surface area contributed by atoms with Crippen molar-refractivity contribution in [2.45, 2.75) is 30.6 Å². The van der Waals surface area contributed by atoms with E-state index in [0.717, 1.165) is 30.5 Å². The van der Waals surface area contributed by atoms with Crippen molar-refractivity contribution < 1.29 is 18.3 Å². The summed E-state index contributed by atoms with van der Waals surface area (Å²) < 4.78 is 24.7. The molecule has 0 aliphatic rings. The summed E-state index contributed by atoms with van der Waals surface area (Å²) in [4.78, 5) is 11.3. The van der Waals surface area contributed by atoms with Gasteiger partial charge in [0.25, 0.3) is 0 Å². The van der Waals surface area contributed by atoms with E-state index in [1.54, 1.807) is 36.4 Å². The molecule has 5 nitrogen and oxygen atoms in total. The van der Waals surface area contributed by atoms with Gasteiger partial charge in [0, 0.05) is 12.2 Å². The summed E-state index contributed by atoms with van der Waals surface area (Å²) in [6, 6.07) is 23.6. The summed E-state index contributed by atoms with van der Waals surface area (Å²) in [5, 5.41) is 12.4. The molecule has 0 unspecified atom stereocenters. The topological polar surface area (TPSA) is 83.5 Å². The minimum Gasteiger partial charge on any atom is -0.478 e. The highest BCUT2D eigenvalue weighted by Crippen LogP contribution is 2.18. The van der Waals surface area contributed by atoms with Gasteiger partial charge in [-0.05, 0) is 67.1 Å². The zero-order chi connectivity index (χ0) is 22.1. The SMILES string of the molecule is O=C(O)c1ccc(CCc2ccccc2NCCCCS(=O)(=O)c2ccccc2)cc1. The van der Waals surface area contributed by atoms with Crippen LogP contribution in [0, 0.1) is 0 Å². The van der Waals surface area contributed by atoms with Crippen molar-refractivity contribution in [3.63, 3.8) is 0 Å². The number of anilines is 1. The van der Waals surface area contributed by atoms with E-state index in [1.165, 1.54) is 5.56 Å². The Morgan fingerprint density at radius 2 is 1.48 bits per heavy atom. The maximum Gasteiger partial charge on any atom is 0.335 e. The lowest BCUT2D eigenvalue weighted by molar-refractivity contribution is 0.0697. The molecule has 6 heteroatoms. The third kappa shape index (κ3) is 6.69. The number of carbonyl (C=O) groups is 1. The third-order valence-electron chi connectivity index (χ3n) is 5.16. The number of nitrogens with one attached hydrogen (secondary N) is 1. The molecule has 0 bridgehead atoms. The van der Waals surface area contributed by atoms with E-state index in [1.807, 2.05) is 36.4 Å². The van der Waals surface area contributed by atoms with Gasteiger partial charge in [-0.2, -0.15) is 0 Å². The van der Waals surface area contributed by atoms with Gasteiger partial charge in [0.05, 0.1) is 16.2 Å². The maximum absolute atomic E-state index is 12.3. The molecular formula is C25H27NO4S. The Balaban J connectivity index is 1.47. The summed E-state index contributed by atoms with van der Waals surface area (Å²) in [5.41, 5.74) is 3.61. The van der Waals surface area contributed by atoms with E-state index >= 15 is 0 Å². The van der Waals surface area contributed by atoms with Crippen molar-refractivity contribution in [1.29, 1.82) is 0 Å². The van der Waals surface area contributed by atoms with Crippen molar-refractivity contribution in [3.8, 4) is 0 Å². The largest absolute Gasteiger partial charge is 0.478 e. The first-order valence-corrected chi connectivity index (χ1v) is 12.0. The minimum absolute atomic E-state index is 0.146. The minimum atomic E-state index is -3.23. The fourth-order valence-electron chi connectivity index (χ4n) is 3.39. The van der Waals surface area contributed by atoms with Crippen molar-refractivity contribution in [2.75, 3.05) is 17.6 Å². The zero-order valence-corrected chi connectivity index (χ0v) is 18.1. The number of carboxylic acid groups (broad SMARTS) is 1. The van der Waals surface area contributed by atoms with Gasteiger partial charge in [-0.1, -0.05) is 48.5 Å². The number of benzene rings is 3. The molecule has 0 amide bonds. The normalized spacial score (nSPS) is 11.2. The molecule has 0 atom stereocenters. The van der Waals surface area contributed by atoms with Crippen LogP contribution in [0.2, 0.25) is 0 Å². The molecule has 0 aromatic heterocycles. The Bertz CT molecular complexity index is 1090. The third-order valence-corrected chi connectivity index (χ3v) is 6.98. The first-order valence-electron chi connectivity index (χ1n) is 10.4. The summed E-state index contributed by atoms with van der Waals surface area (Å²) in [6.45, 7) is 0.703. The van der Waals surface area contributed by atoms with Crippen molar-refractivity contribution >= 4 is 21.5 Å². The van der Waals surface area contributed by atoms with Gasteiger partial charge in [-0.25, -0.2) is 13.2 Å². The van der Waals surface area contributed by atoms with Crippen molar-refractivity contribution in [2.24, 2.45) is 0 Å². The predicted molar refractivity (Wildman–Crippen MR) is 123 cm³/mol. The van der Waals surface area contributed by atoms with Crippen molar-refractivity contribution in [3.05, 3.63) is 95.6 Å². The van der Waals surface area contributed by atoms with E-state index in [2.05, 4.69) is 11.4 Å². The van der Waals surface area contributed by atoms with E-state index in [-0.39, 0.29) is 5.75 Å². The second-order valence-electron chi connectivity index (χ2n) is 7.43. The molecule has 0 aliphatic heterocycles. The quantitative estimate of drug-likeness (QED) is 0.420. The number of hydrogen-bond donors (Lipinski definition) is 2. The van der Waals surface area contributed by atoms with Crippen LogP contribution >= 0.6 is 0 Å². The van der Waals surface area contributed by atoms with E-state index < -0.39 is 15.8 Å². The van der Waals surface area contributed by atoms with Crippen LogP contribution in [0.1, 0.15) is 34.3 Å². The van der Waals surface area contributed by atoms with E-state index in [9.17, 15) is 13.2 Å². The second-order valence-corrected chi connectivity index (χ2v) is 9.53. The molecule has 0 fully saturated rings. The van der Waals surface area contributed by atoms with Gasteiger partial charge in [0.15, 0.2) is 9.84 Å². The number of carboxylic acids is 1. The number of aryl methyl sites for hydroxylation is 2. The zero-order valence-electron chi connectivity index (χ0n) is 17.3. The summed E-state index contributed by atoms with van der Waals surface area (Å²) in [7, 11) is -3.23. The highest BCUT2D eigenvalue weighted by atomic mass is 32.2. The van der Waals surface area contributed by atoms with Crippen LogP contribution in [-0.2, 0) is 22.7 Å². The molecule has 162 valence electrons. The molecule has 3 rings (SSSR count). The predicted octanol–water partition coefficient (Wildman–Crippen LogP) is 4.84. The number of unbranched alkanes of at least 4 members (excludes halogenated alkanes) is 1. The number of para-hydroxylation sites is 1. The number of aromatic carboxylic acids is 1. The van der Waals surface area contributed by atoms with Crippen molar-refractivity contribution in [1.82, 2.24) is 0 Å². The Morgan fingerprint density at radius 1 is 0.806 bits per heavy atom. The van der Waals surface area contributed by atoms with E-state index in [4.69, 9.17) is 5.11 Å². The average Bonchev–Trinajstić information content (AvgIpc) is 2.79. The Morgan fingerprint density at radius 3 is 2.19 bits per heavy atom. The van der Waals surface area contributed by atoms with Crippen LogP contribution in [0.15, 0.2) is 83.8 Å². The fourth-order valence-corrected chi connectivity index (χ4v) is 4.78. The molecule has 0 heterocycles. The van der Waals surface area contributed by atoms with Gasteiger partial charge in [0.1, 0.15) is 0 Å². The van der Waals surface area contributed by atoms with Crippen LogP contribution < -0.4 is 5.32 Å². The molecule has 0 saturated carbocycles. The standard InChI is InChI=1S/C25H27NO4S/c27-25(28)22-16-13-20(14-17-22)12-15-21-8-4-5-11-24(21)26-18-6-7-19-31(29,30)23-9-2-1-3-10-23/h1-5,8-11,13-14,16-17,26H,6-7,12,15,18-19H2,(H,27,28). The lowest BCUT2D eigenvalue weighted by Crippen LogP contribution is -2.10. The van der Waals surface area contributed by atoms with Crippen LogP contribution in [0.4, 0.5) is 5.69 Å². The molecule has 2 N–H and O–H groups in total. The number of sulfone groups is 1. The first kappa shape index (κ1) is 22.6. The summed E-state index contributed by atoms with van der Waals surface area (Å²) in [5.74, 6) is -0.773. The van der Waals surface area contributed by atoms with Gasteiger partial charge < -0.3 is 10.4 Å². The molecule has 0 radical (unpaired) electrons. The molecular weight excluding hydrogens is 410 g/mol. The molecule has 0 spiro atoms. The molecule has 0 saturated heterocycles. The molecule has 0 aliphatic carbocycles. The number of rotatable bonds is 11. The summed E-state index contributed by atoms with van der Waals surface area (Å²) >= 11 is 0. The van der Waals surface area contributed by atoms with Gasteiger partial charge in [-0.15, -0.1) is 0 Å². The highest BCUT2D eigenvalue weighted by Gasteiger charge is 2.13. The van der Waals surface area contributed by atoms with E-state index in [0.29, 0.717) is 23.4 Å². The van der Waals surface area contributed by atoms with Gasteiger partial charge >= 0.3 is 5.97 Å².